The standard InChI is InChI=1S/C13H15/c1-3-7-12(8-4-1)11-13-9-5-2-6-10-13/h1-4,7-8,11H,5-6,9-10H2. The Kier molecular flexibility index (Phi) is 2.81. The van der Waals surface area contributed by atoms with Gasteiger partial charge >= 0.3 is 0 Å². The van der Waals surface area contributed by atoms with Gasteiger partial charge in [0.05, 0.1) is 0 Å². The maximum Gasteiger partial charge on any atom is -0.0257 e. The molecule has 1 aromatic rings. The predicted molar refractivity (Wildman–Crippen MR) is 57.2 cm³/mol. The predicted octanol–water partition coefficient (Wildman–Crippen LogP) is 3.85. The number of benzene rings is 1. The van der Waals surface area contributed by atoms with Gasteiger partial charge in [-0.1, -0.05) is 42.0 Å². The van der Waals surface area contributed by atoms with E-state index in [4.69, 9.17) is 0 Å². The van der Waals surface area contributed by atoms with E-state index < -0.39 is 0 Å². The molecule has 0 spiro atoms. The molecule has 1 aliphatic rings. The van der Waals surface area contributed by atoms with Crippen LogP contribution in [0.4, 0.5) is 0 Å². The van der Waals surface area contributed by atoms with Gasteiger partial charge in [0.15, 0.2) is 0 Å². The van der Waals surface area contributed by atoms with Crippen molar-refractivity contribution in [1.82, 2.24) is 0 Å². The van der Waals surface area contributed by atoms with Gasteiger partial charge in [-0.2, -0.15) is 0 Å². The second kappa shape index (κ2) is 4.27. The Morgan fingerprint density at radius 3 is 2.31 bits per heavy atom. The monoisotopic (exact) mass is 171 g/mol. The Hall–Kier alpha value is -1.04. The van der Waals surface area contributed by atoms with E-state index in [0.717, 1.165) is 0 Å². The van der Waals surface area contributed by atoms with Crippen molar-refractivity contribution in [3.63, 3.8) is 0 Å². The number of hydrogen-bond donors (Lipinski definition) is 0. The molecule has 0 nitrogen and oxygen atoms in total. The Balaban J connectivity index is 2.10. The van der Waals surface area contributed by atoms with E-state index in [1.54, 1.807) is 5.57 Å². The molecule has 0 heterocycles. The fourth-order valence-electron chi connectivity index (χ4n) is 1.77. The largest absolute Gasteiger partial charge is 0.0696 e. The van der Waals surface area contributed by atoms with Crippen molar-refractivity contribution >= 4 is 6.08 Å². The number of hydrogen-bond acceptors (Lipinski definition) is 0. The van der Waals surface area contributed by atoms with Crippen molar-refractivity contribution in [2.45, 2.75) is 25.7 Å². The third-order valence-corrected chi connectivity index (χ3v) is 2.51. The van der Waals surface area contributed by atoms with Crippen molar-refractivity contribution in [2.75, 3.05) is 0 Å². The maximum atomic E-state index is 2.39. The summed E-state index contributed by atoms with van der Waals surface area (Å²) >= 11 is 0. The molecule has 1 aliphatic carbocycles. The lowest BCUT2D eigenvalue weighted by molar-refractivity contribution is 0.726. The van der Waals surface area contributed by atoms with Crippen LogP contribution in [0.5, 0.6) is 0 Å². The maximum absolute atomic E-state index is 2.39. The van der Waals surface area contributed by atoms with E-state index >= 15 is 0 Å². The highest BCUT2D eigenvalue weighted by atomic mass is 14.1. The van der Waals surface area contributed by atoms with Crippen molar-refractivity contribution in [3.05, 3.63) is 47.9 Å². The zero-order valence-corrected chi connectivity index (χ0v) is 7.87. The highest BCUT2D eigenvalue weighted by Gasteiger charge is 2.04. The molecule has 0 amide bonds. The quantitative estimate of drug-likeness (QED) is 0.602. The first-order valence-electron chi connectivity index (χ1n) is 5.01. The van der Waals surface area contributed by atoms with Crippen molar-refractivity contribution in [3.8, 4) is 0 Å². The van der Waals surface area contributed by atoms with Gasteiger partial charge in [-0.3, -0.25) is 0 Å². The Morgan fingerprint density at radius 2 is 1.62 bits per heavy atom. The normalized spacial score (nSPS) is 17.1. The molecule has 1 radical (unpaired) electrons. The minimum atomic E-state index is 1.26. The zero-order chi connectivity index (χ0) is 8.93. The molecule has 0 N–H and O–H groups in total. The van der Waals surface area contributed by atoms with Gasteiger partial charge < -0.3 is 0 Å². The van der Waals surface area contributed by atoms with Gasteiger partial charge in [0.1, 0.15) is 0 Å². The van der Waals surface area contributed by atoms with Crippen LogP contribution in [0.25, 0.3) is 6.08 Å². The summed E-state index contributed by atoms with van der Waals surface area (Å²) in [5.74, 6) is 0. The summed E-state index contributed by atoms with van der Waals surface area (Å²) in [7, 11) is 0. The molecule has 1 fully saturated rings. The van der Waals surface area contributed by atoms with Gasteiger partial charge in [-0.15, -0.1) is 0 Å². The van der Waals surface area contributed by atoms with Crippen LogP contribution in [0.15, 0.2) is 35.9 Å². The lowest BCUT2D eigenvalue weighted by Gasteiger charge is -2.12. The molecule has 13 heavy (non-hydrogen) atoms. The van der Waals surface area contributed by atoms with Crippen LogP contribution in [-0.2, 0) is 0 Å². The summed E-state index contributed by atoms with van der Waals surface area (Å²) in [5.41, 5.74) is 2.95. The highest BCUT2D eigenvalue weighted by molar-refractivity contribution is 5.52. The van der Waals surface area contributed by atoms with Crippen LogP contribution in [0.1, 0.15) is 31.2 Å². The van der Waals surface area contributed by atoms with E-state index in [9.17, 15) is 0 Å². The van der Waals surface area contributed by atoms with Crippen LogP contribution in [-0.4, -0.2) is 0 Å². The van der Waals surface area contributed by atoms with Crippen LogP contribution < -0.4 is 0 Å². The molecule has 0 saturated heterocycles. The van der Waals surface area contributed by atoms with Crippen molar-refractivity contribution in [2.24, 2.45) is 0 Å². The molecule has 0 bridgehead atoms. The second-order valence-electron chi connectivity index (χ2n) is 3.58. The van der Waals surface area contributed by atoms with Gasteiger partial charge in [0.25, 0.3) is 0 Å². The topological polar surface area (TPSA) is 0 Å². The first-order chi connectivity index (χ1) is 6.45. The summed E-state index contributed by atoms with van der Waals surface area (Å²) in [6.45, 7) is 0. The average Bonchev–Trinajstić information content (AvgIpc) is 2.21. The second-order valence-corrected chi connectivity index (χ2v) is 3.58. The Bertz CT molecular complexity index is 274. The van der Waals surface area contributed by atoms with Crippen LogP contribution in [0.3, 0.4) is 0 Å². The number of allylic oxidation sites excluding steroid dienone is 1. The number of rotatable bonds is 1. The van der Waals surface area contributed by atoms with Crippen LogP contribution >= 0.6 is 0 Å². The molecule has 0 atom stereocenters. The summed E-state index contributed by atoms with van der Waals surface area (Å²) in [6, 6.07) is 10.6. The first-order valence-corrected chi connectivity index (χ1v) is 5.01. The third kappa shape index (κ3) is 2.45. The molecule has 0 heteroatoms. The fraction of sp³-hybridized carbons (Fsp3) is 0.308. The Morgan fingerprint density at radius 1 is 0.923 bits per heavy atom. The third-order valence-electron chi connectivity index (χ3n) is 2.51. The molecule has 1 saturated carbocycles. The van der Waals surface area contributed by atoms with Crippen LogP contribution in [0, 0.1) is 6.42 Å². The van der Waals surface area contributed by atoms with E-state index in [1.165, 1.54) is 31.2 Å². The van der Waals surface area contributed by atoms with Gasteiger partial charge in [0, 0.05) is 0 Å². The molecule has 2 rings (SSSR count). The lowest BCUT2D eigenvalue weighted by atomic mass is 9.93. The Labute approximate surface area is 80.3 Å². The minimum Gasteiger partial charge on any atom is -0.0696 e. The molecular formula is C13H15. The summed E-state index contributed by atoms with van der Waals surface area (Å²) in [6.07, 6.45) is 9.77. The molecule has 67 valence electrons. The van der Waals surface area contributed by atoms with Gasteiger partial charge in [-0.25, -0.2) is 0 Å². The average molecular weight is 171 g/mol. The molecular weight excluding hydrogens is 156 g/mol. The van der Waals surface area contributed by atoms with Gasteiger partial charge in [0.2, 0.25) is 0 Å². The van der Waals surface area contributed by atoms with Gasteiger partial charge in [-0.05, 0) is 37.7 Å². The summed E-state index contributed by atoms with van der Waals surface area (Å²) < 4.78 is 0. The fourth-order valence-corrected chi connectivity index (χ4v) is 1.77. The van der Waals surface area contributed by atoms with Crippen LogP contribution in [0.2, 0.25) is 0 Å². The molecule has 0 aromatic heterocycles. The molecule has 0 unspecified atom stereocenters. The smallest absolute Gasteiger partial charge is 0.0257 e. The highest BCUT2D eigenvalue weighted by Crippen LogP contribution is 2.23. The molecule has 1 aromatic carbocycles. The minimum absolute atomic E-state index is 1.26. The van der Waals surface area contributed by atoms with E-state index in [2.05, 4.69) is 42.8 Å². The van der Waals surface area contributed by atoms with Crippen molar-refractivity contribution < 1.29 is 0 Å². The zero-order valence-electron chi connectivity index (χ0n) is 7.87. The first kappa shape index (κ1) is 8.55. The van der Waals surface area contributed by atoms with E-state index in [1.807, 2.05) is 0 Å². The van der Waals surface area contributed by atoms with E-state index in [-0.39, 0.29) is 0 Å². The van der Waals surface area contributed by atoms with Crippen molar-refractivity contribution in [1.29, 1.82) is 0 Å². The van der Waals surface area contributed by atoms with E-state index in [0.29, 0.717) is 0 Å². The lowest BCUT2D eigenvalue weighted by Crippen LogP contribution is -1.93. The molecule has 0 aliphatic heterocycles. The SMILES string of the molecule is [CH]1CCC(=Cc2ccccc2)CC1. The summed E-state index contributed by atoms with van der Waals surface area (Å²) in [5, 5.41) is 0. The summed E-state index contributed by atoms with van der Waals surface area (Å²) in [4.78, 5) is 0.